The summed E-state index contributed by atoms with van der Waals surface area (Å²) in [4.78, 5) is 0. The molecule has 0 fully saturated rings. The summed E-state index contributed by atoms with van der Waals surface area (Å²) >= 11 is 0. The quantitative estimate of drug-likeness (QED) is 0.244. The summed E-state index contributed by atoms with van der Waals surface area (Å²) in [5.74, 6) is 0. The lowest BCUT2D eigenvalue weighted by Crippen LogP contribution is -1.95. The van der Waals surface area contributed by atoms with E-state index in [4.69, 9.17) is 0 Å². The third-order valence-corrected chi connectivity index (χ3v) is 7.52. The molecule has 2 nitrogen and oxygen atoms in total. The molecule has 0 atom stereocenters. The molecule has 0 aliphatic rings. The lowest BCUT2D eigenvalue weighted by atomic mass is 10.0. The molecule has 168 valence electrons. The number of benzene rings is 6. The van der Waals surface area contributed by atoms with Gasteiger partial charge in [-0.2, -0.15) is 0 Å². The molecule has 36 heavy (non-hydrogen) atoms. The van der Waals surface area contributed by atoms with E-state index in [1.165, 1.54) is 65.6 Å². The van der Waals surface area contributed by atoms with E-state index in [2.05, 4.69) is 143 Å². The second-order valence-corrected chi connectivity index (χ2v) is 9.46. The van der Waals surface area contributed by atoms with E-state index in [0.717, 1.165) is 0 Å². The van der Waals surface area contributed by atoms with Gasteiger partial charge in [-0.3, -0.25) is 0 Å². The highest BCUT2D eigenvalue weighted by molar-refractivity contribution is 6.18. The Hall–Kier alpha value is -4.82. The van der Waals surface area contributed by atoms with Gasteiger partial charge in [0.25, 0.3) is 0 Å². The van der Waals surface area contributed by atoms with E-state index in [-0.39, 0.29) is 0 Å². The van der Waals surface area contributed by atoms with Crippen molar-refractivity contribution in [3.63, 3.8) is 0 Å². The normalized spacial score (nSPS) is 11.9. The van der Waals surface area contributed by atoms with Crippen LogP contribution in [-0.2, 0) is 0 Å². The summed E-state index contributed by atoms with van der Waals surface area (Å²) in [5.41, 5.74) is 6.10. The molecular weight excluding hydrogens is 436 g/mol. The number of rotatable bonds is 2. The molecule has 0 spiro atoms. The maximum Gasteiger partial charge on any atom is 0.0547 e. The van der Waals surface area contributed by atoms with E-state index in [1.807, 2.05) is 0 Å². The zero-order chi connectivity index (χ0) is 23.6. The third kappa shape index (κ3) is 2.67. The monoisotopic (exact) mass is 458 g/mol. The first-order valence-corrected chi connectivity index (χ1v) is 12.4. The standard InChI is InChI=1S/C34H22N2/c1-2-11-25(12-3-1)35-20-19-28-29-22-30-27-14-6-7-15-33(27)36(34(30)21-24(29)17-18-31(28)35)32-16-8-10-23-9-4-5-13-26(23)32/h1-22H. The minimum atomic E-state index is 1.18. The predicted molar refractivity (Wildman–Crippen MR) is 153 cm³/mol. The Kier molecular flexibility index (Phi) is 3.97. The minimum Gasteiger partial charge on any atom is -0.317 e. The molecule has 2 heterocycles. The fourth-order valence-electron chi connectivity index (χ4n) is 5.89. The Bertz CT molecular complexity index is 2090. The fourth-order valence-corrected chi connectivity index (χ4v) is 5.89. The number of fused-ring (bicyclic) bond motifs is 7. The van der Waals surface area contributed by atoms with E-state index >= 15 is 0 Å². The molecular formula is C34H22N2. The predicted octanol–water partition coefficient (Wildman–Crippen LogP) is 9.03. The molecule has 0 radical (unpaired) electrons. The average molecular weight is 459 g/mol. The van der Waals surface area contributed by atoms with E-state index in [9.17, 15) is 0 Å². The van der Waals surface area contributed by atoms with Gasteiger partial charge in [-0.15, -0.1) is 0 Å². The second kappa shape index (κ2) is 7.34. The highest BCUT2D eigenvalue weighted by atomic mass is 15.0. The van der Waals surface area contributed by atoms with Gasteiger partial charge >= 0.3 is 0 Å². The third-order valence-electron chi connectivity index (χ3n) is 7.52. The number of hydrogen-bond acceptors (Lipinski definition) is 0. The number of aromatic nitrogens is 2. The highest BCUT2D eigenvalue weighted by Crippen LogP contribution is 2.38. The second-order valence-electron chi connectivity index (χ2n) is 9.46. The summed E-state index contributed by atoms with van der Waals surface area (Å²) in [6.45, 7) is 0. The van der Waals surface area contributed by atoms with Gasteiger partial charge in [0.1, 0.15) is 0 Å². The van der Waals surface area contributed by atoms with Crippen molar-refractivity contribution in [2.45, 2.75) is 0 Å². The molecule has 8 aromatic rings. The zero-order valence-electron chi connectivity index (χ0n) is 19.6. The highest BCUT2D eigenvalue weighted by Gasteiger charge is 2.16. The summed E-state index contributed by atoms with van der Waals surface area (Å²) in [5, 5.41) is 8.90. The van der Waals surface area contributed by atoms with Crippen molar-refractivity contribution in [2.24, 2.45) is 0 Å². The van der Waals surface area contributed by atoms with Crippen molar-refractivity contribution in [3.05, 3.63) is 134 Å². The van der Waals surface area contributed by atoms with Crippen LogP contribution in [0.5, 0.6) is 0 Å². The van der Waals surface area contributed by atoms with Gasteiger partial charge < -0.3 is 9.13 Å². The molecule has 2 heteroatoms. The molecule has 0 aliphatic heterocycles. The van der Waals surface area contributed by atoms with Crippen LogP contribution in [0, 0.1) is 0 Å². The number of para-hydroxylation sites is 2. The van der Waals surface area contributed by atoms with Crippen LogP contribution < -0.4 is 0 Å². The van der Waals surface area contributed by atoms with Gasteiger partial charge in [0, 0.05) is 33.4 Å². The van der Waals surface area contributed by atoms with Crippen LogP contribution in [0.15, 0.2) is 134 Å². The molecule has 6 aromatic carbocycles. The molecule has 8 rings (SSSR count). The molecule has 0 unspecified atom stereocenters. The lowest BCUT2D eigenvalue weighted by molar-refractivity contribution is 1.13. The Morgan fingerprint density at radius 2 is 1.14 bits per heavy atom. The Balaban J connectivity index is 1.48. The minimum absolute atomic E-state index is 1.18. The topological polar surface area (TPSA) is 9.86 Å². The molecule has 0 aliphatic carbocycles. The van der Waals surface area contributed by atoms with Crippen molar-refractivity contribution in [3.8, 4) is 11.4 Å². The molecule has 0 amide bonds. The first-order chi connectivity index (χ1) is 17.9. The van der Waals surface area contributed by atoms with Crippen LogP contribution in [0.25, 0.3) is 65.6 Å². The summed E-state index contributed by atoms with van der Waals surface area (Å²) in [7, 11) is 0. The van der Waals surface area contributed by atoms with E-state index in [0.29, 0.717) is 0 Å². The van der Waals surface area contributed by atoms with Gasteiger partial charge in [0.2, 0.25) is 0 Å². The van der Waals surface area contributed by atoms with Crippen molar-refractivity contribution in [1.29, 1.82) is 0 Å². The van der Waals surface area contributed by atoms with Gasteiger partial charge in [-0.1, -0.05) is 78.9 Å². The maximum atomic E-state index is 2.44. The first kappa shape index (κ1) is 19.5. The van der Waals surface area contributed by atoms with Crippen molar-refractivity contribution in [2.75, 3.05) is 0 Å². The Labute approximate surface area is 208 Å². The SMILES string of the molecule is c1ccc(-n2ccc3c4cc5c6ccccc6n(-c6cccc7ccccc67)c5cc4ccc32)cc1. The van der Waals surface area contributed by atoms with Crippen LogP contribution in [0.1, 0.15) is 0 Å². The Morgan fingerprint density at radius 3 is 2.06 bits per heavy atom. The fraction of sp³-hybridized carbons (Fsp3) is 0. The first-order valence-electron chi connectivity index (χ1n) is 12.4. The average Bonchev–Trinajstić information content (AvgIpc) is 3.51. The lowest BCUT2D eigenvalue weighted by Gasteiger charge is -2.12. The van der Waals surface area contributed by atoms with Crippen LogP contribution in [0.2, 0.25) is 0 Å². The zero-order valence-corrected chi connectivity index (χ0v) is 19.6. The number of nitrogens with zero attached hydrogens (tertiary/aromatic N) is 2. The van der Waals surface area contributed by atoms with Gasteiger partial charge in [0.05, 0.1) is 22.2 Å². The smallest absolute Gasteiger partial charge is 0.0547 e. The Morgan fingerprint density at radius 1 is 0.389 bits per heavy atom. The molecule has 0 saturated heterocycles. The maximum absolute atomic E-state index is 2.44. The van der Waals surface area contributed by atoms with Crippen molar-refractivity contribution >= 4 is 54.3 Å². The van der Waals surface area contributed by atoms with Gasteiger partial charge in [-0.05, 0) is 64.7 Å². The van der Waals surface area contributed by atoms with Crippen LogP contribution in [0.4, 0.5) is 0 Å². The van der Waals surface area contributed by atoms with Crippen molar-refractivity contribution < 1.29 is 0 Å². The molecule has 0 N–H and O–H groups in total. The summed E-state index contributed by atoms with van der Waals surface area (Å²) in [6, 6.07) is 46.1. The largest absolute Gasteiger partial charge is 0.317 e. The van der Waals surface area contributed by atoms with Gasteiger partial charge in [-0.25, -0.2) is 0 Å². The molecule has 2 aromatic heterocycles. The van der Waals surface area contributed by atoms with Gasteiger partial charge in [0.15, 0.2) is 0 Å². The van der Waals surface area contributed by atoms with Crippen LogP contribution >= 0.6 is 0 Å². The van der Waals surface area contributed by atoms with Crippen LogP contribution in [-0.4, -0.2) is 9.13 Å². The summed E-state index contributed by atoms with van der Waals surface area (Å²) in [6.07, 6.45) is 2.18. The number of hydrogen-bond donors (Lipinski definition) is 0. The van der Waals surface area contributed by atoms with E-state index < -0.39 is 0 Å². The van der Waals surface area contributed by atoms with E-state index in [1.54, 1.807) is 0 Å². The molecule has 0 saturated carbocycles. The summed E-state index contributed by atoms with van der Waals surface area (Å²) < 4.78 is 4.71. The van der Waals surface area contributed by atoms with Crippen molar-refractivity contribution in [1.82, 2.24) is 9.13 Å². The van der Waals surface area contributed by atoms with Crippen LogP contribution in [0.3, 0.4) is 0 Å². The molecule has 0 bridgehead atoms.